The first-order valence-corrected chi connectivity index (χ1v) is 22.6. The molecule has 0 saturated carbocycles. The molecule has 0 amide bonds. The minimum absolute atomic E-state index is 0.674. The van der Waals surface area contributed by atoms with E-state index in [0.29, 0.717) is 5.75 Å². The van der Waals surface area contributed by atoms with E-state index in [1.165, 1.54) is 15.9 Å². The third kappa shape index (κ3) is 6.55. The molecule has 0 bridgehead atoms. The number of methoxy groups -OCH3 is 2. The summed E-state index contributed by atoms with van der Waals surface area (Å²) in [6.45, 7) is 0. The van der Waals surface area contributed by atoms with Crippen LogP contribution in [0.15, 0.2) is 203 Å². The second kappa shape index (κ2) is 15.5. The standard InChI is InChI=1S/C54H38O5P2/c1-55-39-23-27-41(28-24-39)60(42-29-25-40(56-2)26-30-42)50-34-22-38-14-6-10-18-46(38)54(50)53-45-17-9-5-13-37(45)21-33-49(53)59-61-57-47-31-19-35-11-3-7-15-43(35)51(47)52-44-16-8-4-12-36(44)20-32-48(52)58-61/h3-34H,1-2H3. The van der Waals surface area contributed by atoms with Crippen LogP contribution in [0, 0.1) is 0 Å². The average molecular weight is 829 g/mol. The third-order valence-electron chi connectivity index (χ3n) is 11.5. The van der Waals surface area contributed by atoms with Crippen LogP contribution in [0.4, 0.5) is 0 Å². The second-order valence-corrected chi connectivity index (χ2v) is 18.1. The Labute approximate surface area is 354 Å². The van der Waals surface area contributed by atoms with Gasteiger partial charge in [-0.05, 0) is 109 Å². The van der Waals surface area contributed by atoms with Crippen molar-refractivity contribution in [2.24, 2.45) is 0 Å². The van der Waals surface area contributed by atoms with Gasteiger partial charge in [-0.25, -0.2) is 0 Å². The molecule has 1 aromatic heterocycles. The summed E-state index contributed by atoms with van der Waals surface area (Å²) in [5, 5.41) is 14.4. The summed E-state index contributed by atoms with van der Waals surface area (Å²) >= 11 is 0. The number of hydrogen-bond acceptors (Lipinski definition) is 5. The van der Waals surface area contributed by atoms with Crippen molar-refractivity contribution in [3.63, 3.8) is 0 Å². The van der Waals surface area contributed by atoms with E-state index in [1.54, 1.807) is 14.2 Å². The number of hydrogen-bond donors (Lipinski definition) is 0. The minimum Gasteiger partial charge on any atom is -0.497 e. The van der Waals surface area contributed by atoms with Crippen LogP contribution in [0.1, 0.15) is 0 Å². The van der Waals surface area contributed by atoms with Gasteiger partial charge in [0.1, 0.15) is 28.4 Å². The van der Waals surface area contributed by atoms with Gasteiger partial charge in [0.05, 0.1) is 14.2 Å². The van der Waals surface area contributed by atoms with Gasteiger partial charge in [-0.2, -0.15) is 0 Å². The van der Waals surface area contributed by atoms with Crippen LogP contribution in [0.3, 0.4) is 0 Å². The molecule has 0 aliphatic heterocycles. The Morgan fingerprint density at radius 2 is 0.803 bits per heavy atom. The number of ether oxygens (including phenoxy) is 2. The van der Waals surface area contributed by atoms with Crippen molar-refractivity contribution >= 4 is 97.1 Å². The predicted octanol–water partition coefficient (Wildman–Crippen LogP) is 14.2. The first-order valence-electron chi connectivity index (χ1n) is 20.2. The summed E-state index contributed by atoms with van der Waals surface area (Å²) in [6, 6.07) is 68.1. The summed E-state index contributed by atoms with van der Waals surface area (Å²) in [5.41, 5.74) is 3.52. The highest BCUT2D eigenvalue weighted by Crippen LogP contribution is 2.49. The Morgan fingerprint density at radius 1 is 0.393 bits per heavy atom. The van der Waals surface area contributed by atoms with Crippen molar-refractivity contribution < 1.29 is 22.4 Å². The molecule has 294 valence electrons. The Kier molecular flexibility index (Phi) is 9.42. The lowest BCUT2D eigenvalue weighted by Crippen LogP contribution is -2.22. The van der Waals surface area contributed by atoms with E-state index in [-0.39, 0.29) is 0 Å². The quantitative estimate of drug-likeness (QED) is 0.143. The summed E-state index contributed by atoms with van der Waals surface area (Å²) in [7, 11) is 0.280. The first kappa shape index (κ1) is 37.0. The number of rotatable bonds is 8. The Morgan fingerprint density at radius 3 is 1.30 bits per heavy atom. The third-order valence-corrected chi connectivity index (χ3v) is 15.0. The van der Waals surface area contributed by atoms with Crippen LogP contribution in [0.5, 0.6) is 17.2 Å². The molecule has 5 nitrogen and oxygen atoms in total. The van der Waals surface area contributed by atoms with Gasteiger partial charge in [0.25, 0.3) is 0 Å². The van der Waals surface area contributed by atoms with Crippen LogP contribution in [-0.2, 0) is 0 Å². The molecule has 0 N–H and O–H groups in total. The fraction of sp³-hybridized carbons (Fsp3) is 0.0370. The average Bonchev–Trinajstić information content (AvgIpc) is 3.49. The van der Waals surface area contributed by atoms with Crippen molar-refractivity contribution in [3.05, 3.63) is 194 Å². The van der Waals surface area contributed by atoms with Crippen molar-refractivity contribution in [1.29, 1.82) is 0 Å². The largest absolute Gasteiger partial charge is 0.497 e. The fourth-order valence-electron chi connectivity index (χ4n) is 8.65. The molecule has 0 aliphatic carbocycles. The van der Waals surface area contributed by atoms with Crippen LogP contribution in [-0.4, -0.2) is 14.2 Å². The Bertz CT molecular complexity index is 3340. The van der Waals surface area contributed by atoms with Crippen LogP contribution < -0.4 is 29.9 Å². The van der Waals surface area contributed by atoms with Gasteiger partial charge in [0.15, 0.2) is 0 Å². The molecule has 0 spiro atoms. The highest BCUT2D eigenvalue weighted by Gasteiger charge is 2.26. The minimum atomic E-state index is -2.01. The van der Waals surface area contributed by atoms with Gasteiger partial charge < -0.3 is 22.4 Å². The fourth-order valence-corrected chi connectivity index (χ4v) is 12.1. The van der Waals surface area contributed by atoms with Crippen LogP contribution in [0.2, 0.25) is 0 Å². The maximum Gasteiger partial charge on any atom is 0.453 e. The molecule has 10 aromatic carbocycles. The second-order valence-electron chi connectivity index (χ2n) is 14.9. The predicted molar refractivity (Wildman–Crippen MR) is 256 cm³/mol. The molecular formula is C54H38O5P2. The van der Waals surface area contributed by atoms with E-state index in [4.69, 9.17) is 22.4 Å². The molecule has 7 heteroatoms. The van der Waals surface area contributed by atoms with E-state index in [2.05, 4.69) is 170 Å². The van der Waals surface area contributed by atoms with Crippen LogP contribution in [0.25, 0.3) is 76.2 Å². The van der Waals surface area contributed by atoms with E-state index in [0.717, 1.165) is 87.7 Å². The van der Waals surface area contributed by atoms with E-state index >= 15 is 0 Å². The summed E-state index contributed by atoms with van der Waals surface area (Å²) in [4.78, 5) is 0. The SMILES string of the molecule is COc1ccc(P(c2ccc(OC)cc2)c2ccc3ccccc3c2-c2c(Op3oc4ccc5ccccc5c4c4c(ccc5ccccc54)o3)ccc3ccccc23)cc1. The Hall–Kier alpha value is -7.03. The maximum atomic E-state index is 7.22. The first-order chi connectivity index (χ1) is 30.1. The zero-order chi connectivity index (χ0) is 40.9. The molecular weight excluding hydrogens is 791 g/mol. The normalized spacial score (nSPS) is 11.6. The van der Waals surface area contributed by atoms with Crippen molar-refractivity contribution in [2.75, 3.05) is 14.2 Å². The molecule has 61 heavy (non-hydrogen) atoms. The van der Waals surface area contributed by atoms with E-state index in [1.807, 2.05) is 24.3 Å². The molecule has 11 rings (SSSR count). The topological polar surface area (TPSA) is 54.0 Å². The zero-order valence-corrected chi connectivity index (χ0v) is 35.2. The smallest absolute Gasteiger partial charge is 0.453 e. The monoisotopic (exact) mass is 828 g/mol. The van der Waals surface area contributed by atoms with E-state index < -0.39 is 16.2 Å². The van der Waals surface area contributed by atoms with Crippen molar-refractivity contribution in [3.8, 4) is 28.4 Å². The van der Waals surface area contributed by atoms with E-state index in [9.17, 15) is 0 Å². The lowest BCUT2D eigenvalue weighted by molar-refractivity contribution is 0.415. The molecule has 11 aromatic rings. The van der Waals surface area contributed by atoms with Gasteiger partial charge in [0.2, 0.25) is 0 Å². The lowest BCUT2D eigenvalue weighted by atomic mass is 9.93. The molecule has 0 unspecified atom stereocenters. The Balaban J connectivity index is 1.21. The summed E-state index contributed by atoms with van der Waals surface area (Å²) < 4.78 is 32.4. The summed E-state index contributed by atoms with van der Waals surface area (Å²) in [6.07, 6.45) is 0. The highest BCUT2D eigenvalue weighted by molar-refractivity contribution is 7.80. The molecule has 0 saturated heterocycles. The van der Waals surface area contributed by atoms with Gasteiger partial charge >= 0.3 is 8.24 Å². The molecule has 0 radical (unpaired) electrons. The molecule has 0 atom stereocenters. The number of fused-ring (bicyclic) bond motifs is 9. The lowest BCUT2D eigenvalue weighted by Gasteiger charge is -2.25. The van der Waals surface area contributed by atoms with Crippen molar-refractivity contribution in [2.45, 2.75) is 0 Å². The van der Waals surface area contributed by atoms with Crippen molar-refractivity contribution in [1.82, 2.24) is 0 Å². The highest BCUT2D eigenvalue weighted by atomic mass is 31.1. The molecule has 0 aliphatic rings. The molecule has 1 heterocycles. The summed E-state index contributed by atoms with van der Waals surface area (Å²) in [5.74, 6) is 2.30. The van der Waals surface area contributed by atoms with Gasteiger partial charge in [-0.1, -0.05) is 152 Å². The van der Waals surface area contributed by atoms with Gasteiger partial charge in [-0.15, -0.1) is 0 Å². The zero-order valence-electron chi connectivity index (χ0n) is 33.4. The van der Waals surface area contributed by atoms with Gasteiger partial charge in [0, 0.05) is 21.9 Å². The number of benzene rings is 10. The van der Waals surface area contributed by atoms with Gasteiger partial charge in [-0.3, -0.25) is 0 Å². The van der Waals surface area contributed by atoms with Crippen LogP contribution >= 0.6 is 16.2 Å². The maximum absolute atomic E-state index is 7.22. The molecule has 0 fully saturated rings.